The average molecular weight is 484 g/mol. The maximum atomic E-state index is 4.65. The molecule has 0 saturated heterocycles. The fourth-order valence-corrected chi connectivity index (χ4v) is 5.70. The number of hydrogen-bond donors (Lipinski definition) is 0. The molecule has 1 aromatic heterocycles. The molecule has 0 atom stereocenters. The van der Waals surface area contributed by atoms with Crippen molar-refractivity contribution in [2.75, 3.05) is 12.5 Å². The predicted octanol–water partition coefficient (Wildman–Crippen LogP) is 6.72. The Bertz CT molecular complexity index is 850. The topological polar surface area (TPSA) is 17.8 Å². The molecular weight excluding hydrogens is 468 g/mol. The number of imidazole rings is 1. The average Bonchev–Trinajstić information content (AvgIpc) is 2.96. The molecule has 2 nitrogen and oxygen atoms in total. The third-order valence-corrected chi connectivity index (χ3v) is 7.14. The Labute approximate surface area is 167 Å². The number of thioether (sulfide) groups is 2. The summed E-state index contributed by atoms with van der Waals surface area (Å²) >= 11 is 10.8. The predicted molar refractivity (Wildman–Crippen MR) is 113 cm³/mol. The van der Waals surface area contributed by atoms with Gasteiger partial charge in [0.05, 0.1) is 17.7 Å². The molecule has 0 saturated carbocycles. The highest BCUT2D eigenvalue weighted by Gasteiger charge is 2.16. The molecule has 1 heterocycles. The summed E-state index contributed by atoms with van der Waals surface area (Å²) in [5, 5.41) is 0. The van der Waals surface area contributed by atoms with Gasteiger partial charge in [-0.3, -0.25) is 0 Å². The molecule has 2 aromatic carbocycles. The Balaban J connectivity index is 2.13. The first-order chi connectivity index (χ1) is 11.5. The van der Waals surface area contributed by atoms with E-state index in [0.717, 1.165) is 25.9 Å². The third kappa shape index (κ3) is 3.47. The van der Waals surface area contributed by atoms with Crippen molar-refractivity contribution in [2.45, 2.75) is 9.79 Å². The van der Waals surface area contributed by atoms with Gasteiger partial charge in [-0.25, -0.2) is 4.98 Å². The van der Waals surface area contributed by atoms with E-state index in [2.05, 4.69) is 90.3 Å². The summed E-state index contributed by atoms with van der Waals surface area (Å²) < 4.78 is 4.23. The third-order valence-electron chi connectivity index (χ3n) is 3.78. The lowest BCUT2D eigenvalue weighted by atomic mass is 10.0. The van der Waals surface area contributed by atoms with E-state index in [1.807, 2.05) is 13.4 Å². The van der Waals surface area contributed by atoms with E-state index in [1.165, 1.54) is 15.4 Å². The molecule has 124 valence electrons. The molecule has 0 aliphatic heterocycles. The zero-order chi connectivity index (χ0) is 17.3. The molecule has 0 fully saturated rings. The van der Waals surface area contributed by atoms with Gasteiger partial charge >= 0.3 is 0 Å². The van der Waals surface area contributed by atoms with Gasteiger partial charge in [0.2, 0.25) is 0 Å². The molecule has 0 bridgehead atoms. The van der Waals surface area contributed by atoms with Crippen LogP contribution in [0.25, 0.3) is 22.5 Å². The molecule has 3 aromatic rings. The van der Waals surface area contributed by atoms with Crippen molar-refractivity contribution in [3.8, 4) is 22.5 Å². The fraction of sp³-hybridized carbons (Fsp3) is 0.167. The van der Waals surface area contributed by atoms with Crippen LogP contribution in [-0.2, 0) is 7.05 Å². The summed E-state index contributed by atoms with van der Waals surface area (Å²) in [5.74, 6) is 0. The normalized spacial score (nSPS) is 11.0. The number of benzene rings is 2. The van der Waals surface area contributed by atoms with Crippen molar-refractivity contribution in [2.24, 2.45) is 7.05 Å². The van der Waals surface area contributed by atoms with Crippen molar-refractivity contribution in [3.63, 3.8) is 0 Å². The van der Waals surface area contributed by atoms with E-state index in [9.17, 15) is 0 Å². The lowest BCUT2D eigenvalue weighted by molar-refractivity contribution is 0.921. The second-order valence-corrected chi connectivity index (χ2v) is 8.66. The van der Waals surface area contributed by atoms with Gasteiger partial charge in [0.15, 0.2) is 0 Å². The Morgan fingerprint density at radius 2 is 1.54 bits per heavy atom. The minimum absolute atomic E-state index is 0.989. The number of halogens is 2. The Kier molecular flexibility index (Phi) is 5.80. The monoisotopic (exact) mass is 482 g/mol. The van der Waals surface area contributed by atoms with Gasteiger partial charge in [-0.1, -0.05) is 12.1 Å². The number of hydrogen-bond acceptors (Lipinski definition) is 3. The molecule has 0 amide bonds. The molecule has 0 N–H and O–H groups in total. The summed E-state index contributed by atoms with van der Waals surface area (Å²) in [6.45, 7) is 0. The van der Waals surface area contributed by atoms with E-state index < -0.39 is 0 Å². The molecule has 0 spiro atoms. The number of nitrogens with zero attached hydrogens (tertiary/aromatic N) is 2. The van der Waals surface area contributed by atoms with Gasteiger partial charge in [-0.2, -0.15) is 0 Å². The van der Waals surface area contributed by atoms with Crippen molar-refractivity contribution in [1.82, 2.24) is 9.55 Å². The van der Waals surface area contributed by atoms with E-state index in [4.69, 9.17) is 0 Å². The van der Waals surface area contributed by atoms with Gasteiger partial charge in [-0.15, -0.1) is 23.5 Å². The van der Waals surface area contributed by atoms with Crippen LogP contribution in [0.5, 0.6) is 0 Å². The smallest absolute Gasteiger partial charge is 0.0963 e. The summed E-state index contributed by atoms with van der Waals surface area (Å²) in [7, 11) is 2.04. The summed E-state index contributed by atoms with van der Waals surface area (Å²) in [6.07, 6.45) is 6.04. The van der Waals surface area contributed by atoms with Crippen LogP contribution in [-0.4, -0.2) is 22.1 Å². The molecule has 3 rings (SSSR count). The maximum Gasteiger partial charge on any atom is 0.0963 e. The van der Waals surface area contributed by atoms with Crippen molar-refractivity contribution < 1.29 is 0 Å². The van der Waals surface area contributed by atoms with Gasteiger partial charge < -0.3 is 4.57 Å². The maximum absolute atomic E-state index is 4.65. The summed E-state index contributed by atoms with van der Waals surface area (Å²) in [6, 6.07) is 12.9. The zero-order valence-electron chi connectivity index (χ0n) is 13.5. The second-order valence-electron chi connectivity index (χ2n) is 5.25. The fourth-order valence-electron chi connectivity index (χ4n) is 2.62. The molecule has 6 heteroatoms. The first-order valence-corrected chi connectivity index (χ1v) is 11.3. The SMILES string of the molecule is CSc1ccc(-c2c(-c3cc(Br)c(SC)c(Br)c3)ncn2C)cc1. The molecular formula is C18H16Br2N2S2. The first-order valence-electron chi connectivity index (χ1n) is 7.24. The Hall–Kier alpha value is -0.690. The molecule has 24 heavy (non-hydrogen) atoms. The van der Waals surface area contributed by atoms with Gasteiger partial charge in [-0.05, 0) is 68.6 Å². The van der Waals surface area contributed by atoms with Crippen LogP contribution in [0.4, 0.5) is 0 Å². The highest BCUT2D eigenvalue weighted by Crippen LogP contribution is 2.39. The highest BCUT2D eigenvalue weighted by atomic mass is 79.9. The molecule has 0 unspecified atom stereocenters. The standard InChI is InChI=1S/C18H16Br2N2S2/c1-22-10-21-16(12-8-14(19)18(24-3)15(20)9-12)17(22)11-4-6-13(23-2)7-5-11/h4-10H,1-3H3. The van der Waals surface area contributed by atoms with Gasteiger partial charge in [0, 0.05) is 36.9 Å². The summed E-state index contributed by atoms with van der Waals surface area (Å²) in [5.41, 5.74) is 4.38. The minimum atomic E-state index is 0.989. The van der Waals surface area contributed by atoms with Crippen LogP contribution in [0.15, 0.2) is 61.5 Å². The molecule has 0 radical (unpaired) electrons. The Morgan fingerprint density at radius 3 is 2.08 bits per heavy atom. The lowest BCUT2D eigenvalue weighted by Gasteiger charge is -2.10. The van der Waals surface area contributed by atoms with Crippen LogP contribution in [0.2, 0.25) is 0 Å². The van der Waals surface area contributed by atoms with E-state index in [1.54, 1.807) is 23.5 Å². The zero-order valence-corrected chi connectivity index (χ0v) is 18.3. The van der Waals surface area contributed by atoms with E-state index >= 15 is 0 Å². The molecule has 0 aliphatic rings. The Morgan fingerprint density at radius 1 is 0.917 bits per heavy atom. The second kappa shape index (κ2) is 7.68. The minimum Gasteiger partial charge on any atom is -0.333 e. The van der Waals surface area contributed by atoms with Crippen molar-refractivity contribution in [3.05, 3.63) is 51.7 Å². The van der Waals surface area contributed by atoms with Crippen LogP contribution in [0.1, 0.15) is 0 Å². The van der Waals surface area contributed by atoms with E-state index in [0.29, 0.717) is 0 Å². The quantitative estimate of drug-likeness (QED) is 0.383. The van der Waals surface area contributed by atoms with Gasteiger partial charge in [0.1, 0.15) is 0 Å². The van der Waals surface area contributed by atoms with Crippen molar-refractivity contribution in [1.29, 1.82) is 0 Å². The van der Waals surface area contributed by atoms with Crippen molar-refractivity contribution >= 4 is 55.4 Å². The van der Waals surface area contributed by atoms with Crippen LogP contribution < -0.4 is 0 Å². The van der Waals surface area contributed by atoms with E-state index in [-0.39, 0.29) is 0 Å². The first kappa shape index (κ1) is 18.1. The number of rotatable bonds is 4. The largest absolute Gasteiger partial charge is 0.333 e. The van der Waals surface area contributed by atoms with Gasteiger partial charge in [0.25, 0.3) is 0 Å². The molecule has 0 aliphatic carbocycles. The summed E-state index contributed by atoms with van der Waals surface area (Å²) in [4.78, 5) is 7.11. The van der Waals surface area contributed by atoms with Crippen LogP contribution in [0, 0.1) is 0 Å². The highest BCUT2D eigenvalue weighted by molar-refractivity contribution is 9.11. The van der Waals surface area contributed by atoms with Crippen LogP contribution >= 0.6 is 55.4 Å². The number of aromatic nitrogens is 2. The lowest BCUT2D eigenvalue weighted by Crippen LogP contribution is -1.92. The van der Waals surface area contributed by atoms with Crippen LogP contribution in [0.3, 0.4) is 0 Å². The number of aryl methyl sites for hydroxylation is 1.